The molecule has 2 rings (SSSR count). The Morgan fingerprint density at radius 3 is 3.00 bits per heavy atom. The Kier molecular flexibility index (Phi) is 2.68. The zero-order chi connectivity index (χ0) is 10.8. The highest BCUT2D eigenvalue weighted by molar-refractivity contribution is 5.77. The highest BCUT2D eigenvalue weighted by Crippen LogP contribution is 2.22. The maximum Gasteiger partial charge on any atom is 0.220 e. The molecule has 3 N–H and O–H groups in total. The van der Waals surface area contributed by atoms with Gasteiger partial charge in [0.25, 0.3) is 0 Å². The van der Waals surface area contributed by atoms with Gasteiger partial charge in [-0.3, -0.25) is 4.79 Å². The van der Waals surface area contributed by atoms with E-state index < -0.39 is 0 Å². The van der Waals surface area contributed by atoms with Crippen LogP contribution >= 0.6 is 0 Å². The van der Waals surface area contributed by atoms with Crippen LogP contribution in [0.15, 0.2) is 24.3 Å². The van der Waals surface area contributed by atoms with Crippen molar-refractivity contribution < 1.29 is 9.18 Å². The molecule has 1 aromatic rings. The predicted octanol–water partition coefficient (Wildman–Crippen LogP) is 1.10. The molecule has 2 atom stereocenters. The van der Waals surface area contributed by atoms with E-state index in [1.807, 2.05) is 0 Å². The molecule has 15 heavy (non-hydrogen) atoms. The fourth-order valence-corrected chi connectivity index (χ4v) is 1.85. The minimum atomic E-state index is -0.306. The molecule has 0 radical (unpaired) electrons. The van der Waals surface area contributed by atoms with Crippen LogP contribution in [0.1, 0.15) is 24.4 Å². The van der Waals surface area contributed by atoms with E-state index >= 15 is 0 Å². The standard InChI is InChI=1S/C11H13FN2O/c12-8-3-1-2-7(6-8)11-9(13)4-5-10(15)14-11/h1-3,6,9,11H,4-5,13H2,(H,14,15)/t9-,11+/m1/s1. The van der Waals surface area contributed by atoms with Gasteiger partial charge in [-0.05, 0) is 24.1 Å². The third-order valence-electron chi connectivity index (χ3n) is 2.66. The summed E-state index contributed by atoms with van der Waals surface area (Å²) in [5.41, 5.74) is 6.62. The largest absolute Gasteiger partial charge is 0.348 e. The maximum absolute atomic E-state index is 13.0. The van der Waals surface area contributed by atoms with Crippen molar-refractivity contribution in [2.75, 3.05) is 0 Å². The number of carbonyl (C=O) groups is 1. The molecular weight excluding hydrogens is 195 g/mol. The number of piperidine rings is 1. The summed E-state index contributed by atoms with van der Waals surface area (Å²) in [7, 11) is 0. The Balaban J connectivity index is 2.24. The third-order valence-corrected chi connectivity index (χ3v) is 2.66. The van der Waals surface area contributed by atoms with Gasteiger partial charge in [0.15, 0.2) is 0 Å². The van der Waals surface area contributed by atoms with E-state index in [-0.39, 0.29) is 23.8 Å². The number of nitrogens with two attached hydrogens (primary N) is 1. The fraction of sp³-hybridized carbons (Fsp3) is 0.364. The van der Waals surface area contributed by atoms with Crippen LogP contribution in [0.25, 0.3) is 0 Å². The first kappa shape index (κ1) is 10.1. The van der Waals surface area contributed by atoms with Gasteiger partial charge in [-0.1, -0.05) is 12.1 Å². The summed E-state index contributed by atoms with van der Waals surface area (Å²) < 4.78 is 13.0. The molecule has 1 aliphatic heterocycles. The molecule has 0 aromatic heterocycles. The summed E-state index contributed by atoms with van der Waals surface area (Å²) in [6.45, 7) is 0. The van der Waals surface area contributed by atoms with Crippen LogP contribution in [0.3, 0.4) is 0 Å². The molecular formula is C11H13FN2O. The van der Waals surface area contributed by atoms with Crippen LogP contribution < -0.4 is 11.1 Å². The zero-order valence-corrected chi connectivity index (χ0v) is 8.24. The quantitative estimate of drug-likeness (QED) is 0.726. The van der Waals surface area contributed by atoms with Crippen molar-refractivity contribution in [3.8, 4) is 0 Å². The number of carbonyl (C=O) groups excluding carboxylic acids is 1. The van der Waals surface area contributed by atoms with E-state index in [1.54, 1.807) is 12.1 Å². The molecule has 1 fully saturated rings. The minimum Gasteiger partial charge on any atom is -0.348 e. The van der Waals surface area contributed by atoms with E-state index in [4.69, 9.17) is 5.73 Å². The second-order valence-electron chi connectivity index (χ2n) is 3.80. The number of amides is 1. The molecule has 0 spiro atoms. The Bertz CT molecular complexity index is 381. The molecule has 0 bridgehead atoms. The Morgan fingerprint density at radius 1 is 1.47 bits per heavy atom. The number of hydrogen-bond acceptors (Lipinski definition) is 2. The van der Waals surface area contributed by atoms with Gasteiger partial charge >= 0.3 is 0 Å². The lowest BCUT2D eigenvalue weighted by Gasteiger charge is -2.29. The van der Waals surface area contributed by atoms with Gasteiger partial charge in [0, 0.05) is 12.5 Å². The first-order valence-electron chi connectivity index (χ1n) is 4.97. The van der Waals surface area contributed by atoms with E-state index in [0.29, 0.717) is 12.8 Å². The molecule has 1 saturated heterocycles. The summed E-state index contributed by atoms with van der Waals surface area (Å²) in [6.07, 6.45) is 1.10. The lowest BCUT2D eigenvalue weighted by Crippen LogP contribution is -2.45. The Morgan fingerprint density at radius 2 is 2.27 bits per heavy atom. The number of hydrogen-bond donors (Lipinski definition) is 2. The molecule has 80 valence electrons. The first-order valence-corrected chi connectivity index (χ1v) is 4.97. The fourth-order valence-electron chi connectivity index (χ4n) is 1.85. The van der Waals surface area contributed by atoms with Crippen LogP contribution in [-0.4, -0.2) is 11.9 Å². The summed E-state index contributed by atoms with van der Waals surface area (Å²) in [6, 6.07) is 5.79. The van der Waals surface area contributed by atoms with Gasteiger partial charge in [0.05, 0.1) is 6.04 Å². The second kappa shape index (κ2) is 3.98. The number of nitrogens with one attached hydrogen (secondary N) is 1. The molecule has 1 heterocycles. The van der Waals surface area contributed by atoms with Crippen molar-refractivity contribution in [1.29, 1.82) is 0 Å². The number of halogens is 1. The lowest BCUT2D eigenvalue weighted by molar-refractivity contribution is -0.123. The summed E-state index contributed by atoms with van der Waals surface area (Å²) in [5, 5.41) is 2.78. The van der Waals surface area contributed by atoms with Gasteiger partial charge in [0.1, 0.15) is 5.82 Å². The molecule has 1 aliphatic rings. The van der Waals surface area contributed by atoms with Crippen LogP contribution in [0, 0.1) is 5.82 Å². The Labute approximate surface area is 87.5 Å². The van der Waals surface area contributed by atoms with Crippen molar-refractivity contribution in [2.24, 2.45) is 5.73 Å². The second-order valence-corrected chi connectivity index (χ2v) is 3.80. The number of benzene rings is 1. The van der Waals surface area contributed by atoms with E-state index in [1.165, 1.54) is 12.1 Å². The lowest BCUT2D eigenvalue weighted by atomic mass is 9.93. The highest BCUT2D eigenvalue weighted by Gasteiger charge is 2.26. The van der Waals surface area contributed by atoms with Crippen molar-refractivity contribution in [3.63, 3.8) is 0 Å². The third kappa shape index (κ3) is 2.15. The van der Waals surface area contributed by atoms with Crippen LogP contribution in [0.2, 0.25) is 0 Å². The van der Waals surface area contributed by atoms with Crippen LogP contribution in [0.4, 0.5) is 4.39 Å². The molecule has 0 unspecified atom stereocenters. The van der Waals surface area contributed by atoms with Crippen molar-refractivity contribution >= 4 is 5.91 Å². The van der Waals surface area contributed by atoms with Crippen LogP contribution in [-0.2, 0) is 4.79 Å². The normalized spacial score (nSPS) is 26.1. The first-order chi connectivity index (χ1) is 7.16. The molecule has 3 nitrogen and oxygen atoms in total. The van der Waals surface area contributed by atoms with Gasteiger partial charge in [0.2, 0.25) is 5.91 Å². The van der Waals surface area contributed by atoms with Crippen molar-refractivity contribution in [1.82, 2.24) is 5.32 Å². The Hall–Kier alpha value is -1.42. The SMILES string of the molecule is N[C@@H]1CCC(=O)N[C@H]1c1cccc(F)c1. The summed E-state index contributed by atoms with van der Waals surface area (Å²) in [5.74, 6) is -0.328. The van der Waals surface area contributed by atoms with Crippen molar-refractivity contribution in [2.45, 2.75) is 24.9 Å². The number of rotatable bonds is 1. The minimum absolute atomic E-state index is 0.0223. The average molecular weight is 208 g/mol. The summed E-state index contributed by atoms with van der Waals surface area (Å²) >= 11 is 0. The van der Waals surface area contributed by atoms with Gasteiger partial charge in [-0.15, -0.1) is 0 Å². The van der Waals surface area contributed by atoms with E-state index in [2.05, 4.69) is 5.32 Å². The molecule has 1 amide bonds. The van der Waals surface area contributed by atoms with E-state index in [9.17, 15) is 9.18 Å². The average Bonchev–Trinajstić information content (AvgIpc) is 2.22. The molecule has 0 aliphatic carbocycles. The topological polar surface area (TPSA) is 55.1 Å². The maximum atomic E-state index is 13.0. The monoisotopic (exact) mass is 208 g/mol. The van der Waals surface area contributed by atoms with Gasteiger partial charge < -0.3 is 11.1 Å². The molecule has 1 aromatic carbocycles. The van der Waals surface area contributed by atoms with Gasteiger partial charge in [-0.2, -0.15) is 0 Å². The molecule has 4 heteroatoms. The smallest absolute Gasteiger partial charge is 0.220 e. The molecule has 0 saturated carbocycles. The van der Waals surface area contributed by atoms with Gasteiger partial charge in [-0.25, -0.2) is 4.39 Å². The van der Waals surface area contributed by atoms with Crippen LogP contribution in [0.5, 0.6) is 0 Å². The highest BCUT2D eigenvalue weighted by atomic mass is 19.1. The van der Waals surface area contributed by atoms with E-state index in [0.717, 1.165) is 5.56 Å². The van der Waals surface area contributed by atoms with Crippen molar-refractivity contribution in [3.05, 3.63) is 35.6 Å². The predicted molar refractivity (Wildman–Crippen MR) is 54.5 cm³/mol. The zero-order valence-electron chi connectivity index (χ0n) is 8.24. The summed E-state index contributed by atoms with van der Waals surface area (Å²) in [4.78, 5) is 11.2.